The zero-order chi connectivity index (χ0) is 20.4. The standard InChI is InChI=1S/C21H19N3O5/c1-26-16-8-7-12(9-17(16)27-2)10-23-21(25)18-19(24-29-20(18)22)14-11-28-15-6-4-3-5-13(14)15/h3-9,11H,10,22H2,1-2H3,(H,23,25). The third kappa shape index (κ3) is 3.36. The number of carbonyl (C=O) groups excluding carboxylic acids is 1. The largest absolute Gasteiger partial charge is 0.493 e. The molecule has 0 atom stereocenters. The molecule has 0 fully saturated rings. The molecule has 1 amide bonds. The van der Waals surface area contributed by atoms with Crippen molar-refractivity contribution in [2.45, 2.75) is 6.54 Å². The normalized spacial score (nSPS) is 10.8. The number of hydrogen-bond acceptors (Lipinski definition) is 7. The van der Waals surface area contributed by atoms with Gasteiger partial charge in [-0.05, 0) is 23.8 Å². The smallest absolute Gasteiger partial charge is 0.259 e. The van der Waals surface area contributed by atoms with Crippen molar-refractivity contribution in [3.05, 3.63) is 59.9 Å². The molecule has 2 aromatic heterocycles. The number of hydrogen-bond donors (Lipinski definition) is 2. The highest BCUT2D eigenvalue weighted by Gasteiger charge is 2.25. The van der Waals surface area contributed by atoms with Crippen molar-refractivity contribution in [1.82, 2.24) is 10.5 Å². The van der Waals surface area contributed by atoms with Gasteiger partial charge in [-0.2, -0.15) is 0 Å². The van der Waals surface area contributed by atoms with Crippen LogP contribution in [-0.4, -0.2) is 25.3 Å². The van der Waals surface area contributed by atoms with Gasteiger partial charge in [-0.3, -0.25) is 4.79 Å². The summed E-state index contributed by atoms with van der Waals surface area (Å²) in [6.07, 6.45) is 1.53. The first-order valence-electron chi connectivity index (χ1n) is 8.83. The fourth-order valence-corrected chi connectivity index (χ4v) is 3.13. The highest BCUT2D eigenvalue weighted by molar-refractivity contribution is 6.06. The number of carbonyl (C=O) groups is 1. The van der Waals surface area contributed by atoms with Crippen LogP contribution in [0.1, 0.15) is 15.9 Å². The Morgan fingerprint density at radius 1 is 1.14 bits per heavy atom. The van der Waals surface area contributed by atoms with Crippen LogP contribution in [0.25, 0.3) is 22.2 Å². The summed E-state index contributed by atoms with van der Waals surface area (Å²) >= 11 is 0. The van der Waals surface area contributed by atoms with Crippen molar-refractivity contribution in [2.75, 3.05) is 20.0 Å². The number of benzene rings is 2. The number of para-hydroxylation sites is 1. The summed E-state index contributed by atoms with van der Waals surface area (Å²) in [7, 11) is 3.12. The topological polar surface area (TPSA) is 113 Å². The highest BCUT2D eigenvalue weighted by atomic mass is 16.5. The molecule has 4 rings (SSSR count). The molecule has 0 unspecified atom stereocenters. The van der Waals surface area contributed by atoms with Crippen LogP contribution in [-0.2, 0) is 6.54 Å². The second kappa shape index (κ2) is 7.59. The van der Waals surface area contributed by atoms with E-state index >= 15 is 0 Å². The number of fused-ring (bicyclic) bond motifs is 1. The van der Waals surface area contributed by atoms with Crippen LogP contribution in [0.3, 0.4) is 0 Å². The Labute approximate surface area is 166 Å². The Bertz CT molecular complexity index is 1180. The molecule has 2 aromatic carbocycles. The summed E-state index contributed by atoms with van der Waals surface area (Å²) in [6.45, 7) is 0.259. The lowest BCUT2D eigenvalue weighted by atomic mass is 10.1. The summed E-state index contributed by atoms with van der Waals surface area (Å²) in [5.74, 6) is 0.725. The summed E-state index contributed by atoms with van der Waals surface area (Å²) < 4.78 is 21.2. The molecule has 0 saturated carbocycles. The Morgan fingerprint density at radius 3 is 2.72 bits per heavy atom. The molecule has 0 aliphatic heterocycles. The van der Waals surface area contributed by atoms with Crippen molar-refractivity contribution in [2.24, 2.45) is 0 Å². The molecular formula is C21H19N3O5. The lowest BCUT2D eigenvalue weighted by molar-refractivity contribution is 0.0952. The number of anilines is 1. The predicted octanol–water partition coefficient (Wildman–Crippen LogP) is 3.62. The molecule has 148 valence electrons. The van der Waals surface area contributed by atoms with Crippen molar-refractivity contribution in [1.29, 1.82) is 0 Å². The number of amides is 1. The zero-order valence-corrected chi connectivity index (χ0v) is 15.9. The minimum absolute atomic E-state index is 0.0601. The van der Waals surface area contributed by atoms with E-state index in [-0.39, 0.29) is 18.0 Å². The van der Waals surface area contributed by atoms with Gasteiger partial charge in [0.15, 0.2) is 11.5 Å². The monoisotopic (exact) mass is 393 g/mol. The highest BCUT2D eigenvalue weighted by Crippen LogP contribution is 2.34. The fourth-order valence-electron chi connectivity index (χ4n) is 3.13. The number of nitrogens with two attached hydrogens (primary N) is 1. The molecule has 0 spiro atoms. The molecular weight excluding hydrogens is 374 g/mol. The van der Waals surface area contributed by atoms with Gasteiger partial charge in [-0.1, -0.05) is 29.4 Å². The van der Waals surface area contributed by atoms with E-state index in [1.807, 2.05) is 30.3 Å². The molecule has 3 N–H and O–H groups in total. The number of nitrogen functional groups attached to an aromatic ring is 1. The quantitative estimate of drug-likeness (QED) is 0.514. The molecule has 0 saturated heterocycles. The molecule has 0 aliphatic rings. The van der Waals surface area contributed by atoms with E-state index in [2.05, 4.69) is 10.5 Å². The first kappa shape index (κ1) is 18.4. The second-order valence-corrected chi connectivity index (χ2v) is 6.29. The van der Waals surface area contributed by atoms with Crippen LogP contribution in [0, 0.1) is 0 Å². The van der Waals surface area contributed by atoms with Crippen LogP contribution < -0.4 is 20.5 Å². The first-order valence-corrected chi connectivity index (χ1v) is 8.83. The van der Waals surface area contributed by atoms with Gasteiger partial charge in [0.1, 0.15) is 23.1 Å². The number of ether oxygens (including phenoxy) is 2. The van der Waals surface area contributed by atoms with Gasteiger partial charge < -0.3 is 29.5 Å². The number of aromatic nitrogens is 1. The average molecular weight is 393 g/mol. The third-order valence-electron chi connectivity index (χ3n) is 4.58. The van der Waals surface area contributed by atoms with Gasteiger partial charge in [-0.25, -0.2) is 0 Å². The lowest BCUT2D eigenvalue weighted by Gasteiger charge is -2.10. The molecule has 0 radical (unpaired) electrons. The molecule has 4 aromatic rings. The molecule has 8 nitrogen and oxygen atoms in total. The summed E-state index contributed by atoms with van der Waals surface area (Å²) in [4.78, 5) is 12.9. The van der Waals surface area contributed by atoms with Crippen molar-refractivity contribution >= 4 is 22.8 Å². The summed E-state index contributed by atoms with van der Waals surface area (Å²) in [5.41, 5.74) is 8.53. The summed E-state index contributed by atoms with van der Waals surface area (Å²) in [6, 6.07) is 12.9. The van der Waals surface area contributed by atoms with Crippen LogP contribution in [0.5, 0.6) is 11.5 Å². The van der Waals surface area contributed by atoms with Crippen LogP contribution >= 0.6 is 0 Å². The number of rotatable bonds is 6. The van der Waals surface area contributed by atoms with Gasteiger partial charge in [0, 0.05) is 11.9 Å². The van der Waals surface area contributed by atoms with Gasteiger partial charge >= 0.3 is 0 Å². The Morgan fingerprint density at radius 2 is 1.93 bits per heavy atom. The fraction of sp³-hybridized carbons (Fsp3) is 0.143. The predicted molar refractivity (Wildman–Crippen MR) is 107 cm³/mol. The SMILES string of the molecule is COc1ccc(CNC(=O)c2c(-c3coc4ccccc34)noc2N)cc1OC. The second-order valence-electron chi connectivity index (χ2n) is 6.29. The van der Waals surface area contributed by atoms with Crippen LogP contribution in [0.2, 0.25) is 0 Å². The van der Waals surface area contributed by atoms with E-state index in [0.29, 0.717) is 28.3 Å². The lowest BCUT2D eigenvalue weighted by Crippen LogP contribution is -2.23. The molecule has 0 aliphatic carbocycles. The van der Waals surface area contributed by atoms with E-state index in [1.54, 1.807) is 26.4 Å². The van der Waals surface area contributed by atoms with Gasteiger partial charge in [-0.15, -0.1) is 0 Å². The van der Waals surface area contributed by atoms with Gasteiger partial charge in [0.25, 0.3) is 5.91 Å². The third-order valence-corrected chi connectivity index (χ3v) is 4.58. The Balaban J connectivity index is 1.60. The van der Waals surface area contributed by atoms with Gasteiger partial charge in [0.2, 0.25) is 5.88 Å². The van der Waals surface area contributed by atoms with E-state index in [0.717, 1.165) is 10.9 Å². The van der Waals surface area contributed by atoms with Crippen molar-refractivity contribution < 1.29 is 23.2 Å². The number of methoxy groups -OCH3 is 2. The number of furan rings is 1. The maximum Gasteiger partial charge on any atom is 0.259 e. The summed E-state index contributed by atoms with van der Waals surface area (Å²) in [5, 5.41) is 7.63. The Kier molecular flexibility index (Phi) is 4.82. The molecule has 0 bridgehead atoms. The Hall–Kier alpha value is -3.94. The molecule has 29 heavy (non-hydrogen) atoms. The van der Waals surface area contributed by atoms with Crippen LogP contribution in [0.4, 0.5) is 5.88 Å². The maximum atomic E-state index is 12.9. The zero-order valence-electron chi connectivity index (χ0n) is 15.9. The number of nitrogens with one attached hydrogen (secondary N) is 1. The van der Waals surface area contributed by atoms with E-state index in [9.17, 15) is 4.79 Å². The number of nitrogens with zero attached hydrogens (tertiary/aromatic N) is 1. The van der Waals surface area contributed by atoms with Gasteiger partial charge in [0.05, 0.1) is 19.8 Å². The minimum Gasteiger partial charge on any atom is -0.493 e. The molecule has 8 heteroatoms. The maximum absolute atomic E-state index is 12.9. The van der Waals surface area contributed by atoms with E-state index in [4.69, 9.17) is 24.1 Å². The van der Waals surface area contributed by atoms with Crippen LogP contribution in [0.15, 0.2) is 57.7 Å². The van der Waals surface area contributed by atoms with E-state index < -0.39 is 5.91 Å². The average Bonchev–Trinajstić information content (AvgIpc) is 3.34. The van der Waals surface area contributed by atoms with Crippen molar-refractivity contribution in [3.8, 4) is 22.8 Å². The minimum atomic E-state index is -0.404. The van der Waals surface area contributed by atoms with Crippen molar-refractivity contribution in [3.63, 3.8) is 0 Å². The molecule has 2 heterocycles. The first-order chi connectivity index (χ1) is 14.1. The van der Waals surface area contributed by atoms with E-state index in [1.165, 1.54) is 6.26 Å².